The fraction of sp³-hybridized carbons (Fsp3) is 0.471. The van der Waals surface area contributed by atoms with Gasteiger partial charge in [-0.15, -0.1) is 0 Å². The maximum absolute atomic E-state index is 15.5. The lowest BCUT2D eigenvalue weighted by Gasteiger charge is -2.29. The van der Waals surface area contributed by atoms with Crippen LogP contribution in [0.4, 0.5) is 4.39 Å². The molecule has 0 spiro atoms. The van der Waals surface area contributed by atoms with Gasteiger partial charge in [-0.1, -0.05) is 94.5 Å². The number of benzene rings is 3. The van der Waals surface area contributed by atoms with Crippen LogP contribution in [0.15, 0.2) is 54.6 Å². The van der Waals surface area contributed by atoms with Crippen molar-refractivity contribution in [2.45, 2.75) is 96.8 Å². The van der Waals surface area contributed by atoms with Crippen molar-refractivity contribution in [1.29, 1.82) is 0 Å². The summed E-state index contributed by atoms with van der Waals surface area (Å²) in [5, 5.41) is 1.67. The van der Waals surface area contributed by atoms with Crippen LogP contribution in [0, 0.1) is 23.6 Å². The van der Waals surface area contributed by atoms with Crippen LogP contribution in [-0.4, -0.2) is 0 Å². The normalized spacial score (nSPS) is 17.8. The summed E-state index contributed by atoms with van der Waals surface area (Å²) in [5.74, 6) is 7.74. The van der Waals surface area contributed by atoms with Crippen molar-refractivity contribution in [1.82, 2.24) is 0 Å². The van der Waals surface area contributed by atoms with Crippen LogP contribution >= 0.6 is 0 Å². The van der Waals surface area contributed by atoms with Gasteiger partial charge in [0.05, 0.1) is 0 Å². The zero-order valence-corrected chi connectivity index (χ0v) is 21.7. The highest BCUT2D eigenvalue weighted by molar-refractivity contribution is 5.85. The van der Waals surface area contributed by atoms with E-state index in [0.29, 0.717) is 5.92 Å². The van der Waals surface area contributed by atoms with Gasteiger partial charge in [0.2, 0.25) is 0 Å². The Kier molecular flexibility index (Phi) is 9.42. The minimum Gasteiger partial charge on any atom is -0.206 e. The van der Waals surface area contributed by atoms with Crippen LogP contribution in [0.2, 0.25) is 0 Å². The minimum atomic E-state index is -0.0175. The van der Waals surface area contributed by atoms with Gasteiger partial charge in [0.1, 0.15) is 5.82 Å². The topological polar surface area (TPSA) is 0 Å². The van der Waals surface area contributed by atoms with Crippen molar-refractivity contribution in [2.75, 3.05) is 0 Å². The SMILES string of the molecule is CCCCCCC1CCC(c2ccc3cc(C#Cc4ccc(CCCC)cc4)ccc3c2F)CC1. The number of hydrogen-bond donors (Lipinski definition) is 0. The third-order valence-electron chi connectivity index (χ3n) is 7.86. The molecule has 1 fully saturated rings. The molecule has 1 aliphatic carbocycles. The van der Waals surface area contributed by atoms with E-state index in [0.717, 1.165) is 52.6 Å². The van der Waals surface area contributed by atoms with E-state index >= 15 is 4.39 Å². The first-order valence-corrected chi connectivity index (χ1v) is 14.0. The van der Waals surface area contributed by atoms with Gasteiger partial charge >= 0.3 is 0 Å². The summed E-state index contributed by atoms with van der Waals surface area (Å²) in [4.78, 5) is 0. The van der Waals surface area contributed by atoms with Gasteiger partial charge in [-0.25, -0.2) is 4.39 Å². The highest BCUT2D eigenvalue weighted by Gasteiger charge is 2.24. The zero-order chi connectivity index (χ0) is 24.5. The molecule has 0 aliphatic heterocycles. The molecule has 0 atom stereocenters. The Morgan fingerprint density at radius 3 is 2.20 bits per heavy atom. The molecule has 3 aromatic carbocycles. The molecule has 3 aromatic rings. The molecule has 0 radical (unpaired) electrons. The second-order valence-corrected chi connectivity index (χ2v) is 10.5. The number of halogens is 1. The van der Waals surface area contributed by atoms with Crippen LogP contribution in [-0.2, 0) is 6.42 Å². The Balaban J connectivity index is 1.40. The van der Waals surface area contributed by atoms with Crippen LogP contribution in [0.3, 0.4) is 0 Å². The van der Waals surface area contributed by atoms with Crippen molar-refractivity contribution in [2.24, 2.45) is 5.92 Å². The second-order valence-electron chi connectivity index (χ2n) is 10.5. The summed E-state index contributed by atoms with van der Waals surface area (Å²) in [7, 11) is 0. The van der Waals surface area contributed by atoms with E-state index in [1.807, 2.05) is 24.3 Å². The van der Waals surface area contributed by atoms with Gasteiger partial charge in [0, 0.05) is 16.5 Å². The third kappa shape index (κ3) is 6.98. The number of fused-ring (bicyclic) bond motifs is 1. The van der Waals surface area contributed by atoms with Crippen molar-refractivity contribution >= 4 is 10.8 Å². The van der Waals surface area contributed by atoms with E-state index in [2.05, 4.69) is 56.0 Å². The first-order chi connectivity index (χ1) is 17.2. The number of hydrogen-bond acceptors (Lipinski definition) is 0. The molecule has 0 amide bonds. The van der Waals surface area contributed by atoms with Gasteiger partial charge in [0.15, 0.2) is 0 Å². The van der Waals surface area contributed by atoms with E-state index < -0.39 is 0 Å². The number of aryl methyl sites for hydroxylation is 1. The summed E-state index contributed by atoms with van der Waals surface area (Å²) in [5.41, 5.74) is 4.25. The molecule has 0 unspecified atom stereocenters. The Bertz CT molecular complexity index is 1140. The highest BCUT2D eigenvalue weighted by Crippen LogP contribution is 2.40. The van der Waals surface area contributed by atoms with E-state index in [1.165, 1.54) is 63.4 Å². The van der Waals surface area contributed by atoms with Crippen molar-refractivity contribution < 1.29 is 4.39 Å². The van der Waals surface area contributed by atoms with E-state index in [1.54, 1.807) is 0 Å². The van der Waals surface area contributed by atoms with Crippen LogP contribution in [0.5, 0.6) is 0 Å². The Hall–Kier alpha value is -2.59. The lowest BCUT2D eigenvalue weighted by molar-refractivity contribution is 0.299. The molecule has 0 bridgehead atoms. The molecule has 0 nitrogen and oxygen atoms in total. The van der Waals surface area contributed by atoms with Crippen LogP contribution in [0.25, 0.3) is 10.8 Å². The lowest BCUT2D eigenvalue weighted by Crippen LogP contribution is -2.14. The minimum absolute atomic E-state index is 0.0175. The predicted molar refractivity (Wildman–Crippen MR) is 148 cm³/mol. The predicted octanol–water partition coefficient (Wildman–Crippen LogP) is 9.97. The van der Waals surface area contributed by atoms with Crippen molar-refractivity contribution in [3.8, 4) is 11.8 Å². The molecule has 184 valence electrons. The molecule has 1 saturated carbocycles. The fourth-order valence-corrected chi connectivity index (χ4v) is 5.60. The average Bonchev–Trinajstić information content (AvgIpc) is 2.90. The van der Waals surface area contributed by atoms with Crippen LogP contribution in [0.1, 0.15) is 113 Å². The third-order valence-corrected chi connectivity index (χ3v) is 7.86. The highest BCUT2D eigenvalue weighted by atomic mass is 19.1. The molecular formula is C34H41F. The average molecular weight is 469 g/mol. The fourth-order valence-electron chi connectivity index (χ4n) is 5.60. The summed E-state index contributed by atoms with van der Waals surface area (Å²) < 4.78 is 15.5. The van der Waals surface area contributed by atoms with Gasteiger partial charge < -0.3 is 0 Å². The molecule has 0 heterocycles. The summed E-state index contributed by atoms with van der Waals surface area (Å²) >= 11 is 0. The van der Waals surface area contributed by atoms with E-state index in [9.17, 15) is 0 Å². The smallest absolute Gasteiger partial charge is 0.134 e. The first kappa shape index (κ1) is 25.5. The Labute approximate surface area is 212 Å². The molecule has 1 heteroatoms. The first-order valence-electron chi connectivity index (χ1n) is 14.0. The zero-order valence-electron chi connectivity index (χ0n) is 21.7. The largest absolute Gasteiger partial charge is 0.206 e. The van der Waals surface area contributed by atoms with Gasteiger partial charge in [-0.2, -0.15) is 0 Å². The second kappa shape index (κ2) is 12.9. The maximum Gasteiger partial charge on any atom is 0.134 e. The van der Waals surface area contributed by atoms with E-state index in [4.69, 9.17) is 0 Å². The van der Waals surface area contributed by atoms with Gasteiger partial charge in [-0.05, 0) is 91.1 Å². The summed E-state index contributed by atoms with van der Waals surface area (Å²) in [6.07, 6.45) is 15.1. The molecule has 0 N–H and O–H groups in total. The Morgan fingerprint density at radius 1 is 0.743 bits per heavy atom. The Morgan fingerprint density at radius 2 is 1.46 bits per heavy atom. The van der Waals surface area contributed by atoms with Crippen LogP contribution < -0.4 is 0 Å². The molecule has 35 heavy (non-hydrogen) atoms. The molecule has 1 aliphatic rings. The van der Waals surface area contributed by atoms with Gasteiger partial charge in [0.25, 0.3) is 0 Å². The quantitative estimate of drug-likeness (QED) is 0.216. The van der Waals surface area contributed by atoms with Gasteiger partial charge in [-0.3, -0.25) is 0 Å². The number of unbranched alkanes of at least 4 members (excludes halogenated alkanes) is 4. The lowest BCUT2D eigenvalue weighted by atomic mass is 9.76. The molecular weight excluding hydrogens is 427 g/mol. The van der Waals surface area contributed by atoms with Crippen molar-refractivity contribution in [3.05, 3.63) is 82.7 Å². The van der Waals surface area contributed by atoms with E-state index in [-0.39, 0.29) is 5.82 Å². The molecule has 4 rings (SSSR count). The number of rotatable bonds is 9. The van der Waals surface area contributed by atoms with Crippen molar-refractivity contribution in [3.63, 3.8) is 0 Å². The summed E-state index contributed by atoms with van der Waals surface area (Å²) in [6.45, 7) is 4.49. The maximum atomic E-state index is 15.5. The molecule has 0 saturated heterocycles. The monoisotopic (exact) mass is 468 g/mol. The standard InChI is InChI=1S/C34H41F/c1-3-5-7-8-10-27-17-20-30(21-18-27)32-24-22-31-25-29(19-23-33(31)34(32)35)16-15-28-13-11-26(12-14-28)9-6-4-2/h11-14,19,22-25,27,30H,3-10,17-18,20-21H2,1-2H3. The summed E-state index contributed by atoms with van der Waals surface area (Å²) in [6, 6.07) is 18.6. The molecule has 0 aromatic heterocycles.